The molecule has 0 saturated heterocycles. The van der Waals surface area contributed by atoms with Crippen LogP contribution in [0.5, 0.6) is 0 Å². The number of carboxylic acid groups (broad SMARTS) is 1. The largest absolute Gasteiger partial charge is 0.480 e. The molecule has 0 aromatic heterocycles. The molecule has 0 saturated carbocycles. The molecule has 7 heteroatoms. The third-order valence-electron chi connectivity index (χ3n) is 1.89. The van der Waals surface area contributed by atoms with Crippen molar-refractivity contribution in [2.75, 3.05) is 26.1 Å². The lowest BCUT2D eigenvalue weighted by Crippen LogP contribution is -2.42. The Kier molecular flexibility index (Phi) is 7.96. The number of aliphatic hydroxyl groups is 1. The SMILES string of the molecule is CSC(CO)C(C)NC(=O)COCC(=O)O. The van der Waals surface area contributed by atoms with E-state index in [9.17, 15) is 9.59 Å². The molecule has 3 N–H and O–H groups in total. The molecule has 0 aromatic carbocycles. The van der Waals surface area contributed by atoms with E-state index in [4.69, 9.17) is 10.2 Å². The van der Waals surface area contributed by atoms with Crippen LogP contribution in [0.15, 0.2) is 0 Å². The van der Waals surface area contributed by atoms with Gasteiger partial charge in [-0.15, -0.1) is 0 Å². The van der Waals surface area contributed by atoms with E-state index in [0.717, 1.165) is 0 Å². The number of ether oxygens (including phenoxy) is 1. The van der Waals surface area contributed by atoms with E-state index in [1.165, 1.54) is 11.8 Å². The summed E-state index contributed by atoms with van der Waals surface area (Å²) in [5.74, 6) is -1.50. The standard InChI is InChI=1S/C9H17NO5S/c1-6(7(3-11)16-2)10-8(12)4-15-5-9(13)14/h6-7,11H,3-5H2,1-2H3,(H,10,12)(H,13,14). The van der Waals surface area contributed by atoms with E-state index < -0.39 is 12.6 Å². The van der Waals surface area contributed by atoms with Crippen molar-refractivity contribution in [2.45, 2.75) is 18.2 Å². The molecule has 0 bridgehead atoms. The van der Waals surface area contributed by atoms with E-state index in [0.29, 0.717) is 0 Å². The maximum absolute atomic E-state index is 11.3. The average Bonchev–Trinajstić information content (AvgIpc) is 2.18. The maximum Gasteiger partial charge on any atom is 0.329 e. The summed E-state index contributed by atoms with van der Waals surface area (Å²) in [6.45, 7) is 0.960. The molecule has 94 valence electrons. The van der Waals surface area contributed by atoms with Crippen LogP contribution in [0.4, 0.5) is 0 Å². The number of rotatable bonds is 8. The third kappa shape index (κ3) is 6.65. The number of nitrogens with one attached hydrogen (secondary N) is 1. The molecule has 0 heterocycles. The summed E-state index contributed by atoms with van der Waals surface area (Å²) in [5.41, 5.74) is 0. The molecule has 0 spiro atoms. The molecule has 0 aliphatic carbocycles. The highest BCUT2D eigenvalue weighted by atomic mass is 32.2. The summed E-state index contributed by atoms with van der Waals surface area (Å²) in [6.07, 6.45) is 1.84. The first-order valence-electron chi connectivity index (χ1n) is 4.73. The Morgan fingerprint density at radius 1 is 1.44 bits per heavy atom. The molecular weight excluding hydrogens is 234 g/mol. The number of hydrogen-bond donors (Lipinski definition) is 3. The minimum atomic E-state index is -1.11. The summed E-state index contributed by atoms with van der Waals surface area (Å²) in [4.78, 5) is 21.4. The molecule has 0 fully saturated rings. The van der Waals surface area contributed by atoms with Gasteiger partial charge in [0, 0.05) is 11.3 Å². The van der Waals surface area contributed by atoms with Crippen LogP contribution >= 0.6 is 11.8 Å². The van der Waals surface area contributed by atoms with Crippen molar-refractivity contribution in [3.63, 3.8) is 0 Å². The van der Waals surface area contributed by atoms with Gasteiger partial charge in [0.2, 0.25) is 5.91 Å². The van der Waals surface area contributed by atoms with E-state index in [-0.39, 0.29) is 30.4 Å². The number of aliphatic hydroxyl groups excluding tert-OH is 1. The molecule has 0 aromatic rings. The fourth-order valence-corrected chi connectivity index (χ4v) is 1.68. The normalized spacial score (nSPS) is 14.2. The van der Waals surface area contributed by atoms with Gasteiger partial charge in [0.05, 0.1) is 6.61 Å². The second-order valence-electron chi connectivity index (χ2n) is 3.20. The zero-order valence-electron chi connectivity index (χ0n) is 9.30. The number of carboxylic acids is 1. The Morgan fingerprint density at radius 2 is 2.06 bits per heavy atom. The van der Waals surface area contributed by atoms with Gasteiger partial charge in [0.15, 0.2) is 0 Å². The summed E-state index contributed by atoms with van der Waals surface area (Å²) in [5, 5.41) is 19.8. The van der Waals surface area contributed by atoms with Crippen LogP contribution in [-0.4, -0.2) is 59.5 Å². The van der Waals surface area contributed by atoms with Crippen LogP contribution < -0.4 is 5.32 Å². The minimum absolute atomic E-state index is 0.0292. The molecule has 2 unspecified atom stereocenters. The number of thioether (sulfide) groups is 1. The quantitative estimate of drug-likeness (QED) is 0.529. The monoisotopic (exact) mass is 251 g/mol. The lowest BCUT2D eigenvalue weighted by molar-refractivity contribution is -0.143. The van der Waals surface area contributed by atoms with Crippen LogP contribution in [0.25, 0.3) is 0 Å². The number of carbonyl (C=O) groups excluding carboxylic acids is 1. The number of amides is 1. The minimum Gasteiger partial charge on any atom is -0.480 e. The molecule has 0 aliphatic rings. The first kappa shape index (κ1) is 15.2. The topological polar surface area (TPSA) is 95.9 Å². The van der Waals surface area contributed by atoms with Crippen molar-refractivity contribution in [1.82, 2.24) is 5.32 Å². The van der Waals surface area contributed by atoms with E-state index in [2.05, 4.69) is 10.1 Å². The highest BCUT2D eigenvalue weighted by Gasteiger charge is 2.17. The van der Waals surface area contributed by atoms with Crippen LogP contribution in [0.3, 0.4) is 0 Å². The van der Waals surface area contributed by atoms with Crippen LogP contribution in [0.2, 0.25) is 0 Å². The second kappa shape index (κ2) is 8.37. The first-order chi connectivity index (χ1) is 7.51. The number of carbonyl (C=O) groups is 2. The zero-order valence-corrected chi connectivity index (χ0v) is 10.1. The summed E-state index contributed by atoms with van der Waals surface area (Å²) >= 11 is 1.45. The summed E-state index contributed by atoms with van der Waals surface area (Å²) in [7, 11) is 0. The van der Waals surface area contributed by atoms with Gasteiger partial charge >= 0.3 is 5.97 Å². The third-order valence-corrected chi connectivity index (χ3v) is 3.05. The Balaban J connectivity index is 3.81. The van der Waals surface area contributed by atoms with Crippen LogP contribution in [0.1, 0.15) is 6.92 Å². The molecule has 0 rings (SSSR count). The molecule has 0 radical (unpaired) electrons. The van der Waals surface area contributed by atoms with E-state index in [1.807, 2.05) is 6.26 Å². The molecule has 0 aliphatic heterocycles. The van der Waals surface area contributed by atoms with Crippen molar-refractivity contribution in [3.05, 3.63) is 0 Å². The van der Waals surface area contributed by atoms with Crippen LogP contribution in [-0.2, 0) is 14.3 Å². The van der Waals surface area contributed by atoms with Crippen molar-refractivity contribution in [3.8, 4) is 0 Å². The average molecular weight is 251 g/mol. The number of hydrogen-bond acceptors (Lipinski definition) is 5. The van der Waals surface area contributed by atoms with Crippen molar-refractivity contribution < 1.29 is 24.5 Å². The van der Waals surface area contributed by atoms with E-state index in [1.54, 1.807) is 6.92 Å². The molecule has 1 amide bonds. The number of aliphatic carboxylic acids is 1. The van der Waals surface area contributed by atoms with Gasteiger partial charge in [0.25, 0.3) is 0 Å². The predicted molar refractivity (Wildman–Crippen MR) is 60.4 cm³/mol. The van der Waals surface area contributed by atoms with Gasteiger partial charge < -0.3 is 20.3 Å². The first-order valence-corrected chi connectivity index (χ1v) is 6.02. The van der Waals surface area contributed by atoms with Gasteiger partial charge in [0.1, 0.15) is 13.2 Å². The van der Waals surface area contributed by atoms with Crippen molar-refractivity contribution >= 4 is 23.6 Å². The Bertz CT molecular complexity index is 232. The fourth-order valence-electron chi connectivity index (χ4n) is 1.06. The maximum atomic E-state index is 11.3. The van der Waals surface area contributed by atoms with Crippen LogP contribution in [0, 0.1) is 0 Å². The summed E-state index contributed by atoms with van der Waals surface area (Å²) in [6, 6.07) is -0.194. The molecule has 16 heavy (non-hydrogen) atoms. The fraction of sp³-hybridized carbons (Fsp3) is 0.778. The van der Waals surface area contributed by atoms with Crippen molar-refractivity contribution in [2.24, 2.45) is 0 Å². The molecule has 2 atom stereocenters. The highest BCUT2D eigenvalue weighted by molar-refractivity contribution is 7.99. The molecular formula is C9H17NO5S. The van der Waals surface area contributed by atoms with Gasteiger partial charge in [-0.1, -0.05) is 0 Å². The van der Waals surface area contributed by atoms with Gasteiger partial charge in [-0.2, -0.15) is 11.8 Å². The Hall–Kier alpha value is -0.790. The lowest BCUT2D eigenvalue weighted by Gasteiger charge is -2.21. The predicted octanol–water partition coefficient (Wildman–Crippen LogP) is -0.684. The van der Waals surface area contributed by atoms with Gasteiger partial charge in [-0.25, -0.2) is 4.79 Å². The molecule has 6 nitrogen and oxygen atoms in total. The van der Waals surface area contributed by atoms with Gasteiger partial charge in [-0.05, 0) is 13.2 Å². The smallest absolute Gasteiger partial charge is 0.329 e. The second-order valence-corrected chi connectivity index (χ2v) is 4.28. The Labute approximate surface area is 98.4 Å². The van der Waals surface area contributed by atoms with Crippen molar-refractivity contribution in [1.29, 1.82) is 0 Å². The van der Waals surface area contributed by atoms with Gasteiger partial charge in [-0.3, -0.25) is 4.79 Å². The lowest BCUT2D eigenvalue weighted by atomic mass is 10.2. The highest BCUT2D eigenvalue weighted by Crippen LogP contribution is 2.09. The zero-order chi connectivity index (χ0) is 12.6. The summed E-state index contributed by atoms with van der Waals surface area (Å²) < 4.78 is 4.62. The Morgan fingerprint density at radius 3 is 2.50 bits per heavy atom. The van der Waals surface area contributed by atoms with E-state index >= 15 is 0 Å².